The number of carbonyl (C=O) groups is 4. The molecular weight excluding hydrogens is 674 g/mol. The molecule has 0 spiro atoms. The third-order valence-electron chi connectivity index (χ3n) is 9.49. The molecule has 4 N–H and O–H groups in total. The van der Waals surface area contributed by atoms with Gasteiger partial charge >= 0.3 is 12.2 Å². The second-order valence-corrected chi connectivity index (χ2v) is 15.3. The minimum Gasteiger partial charge on any atom is -0.493 e. The molecule has 0 radical (unpaired) electrons. The van der Waals surface area contributed by atoms with E-state index in [0.717, 1.165) is 5.56 Å². The zero-order valence-electron chi connectivity index (χ0n) is 32.8. The zero-order chi connectivity index (χ0) is 39.2. The van der Waals surface area contributed by atoms with Crippen LogP contribution in [0.1, 0.15) is 80.2 Å². The van der Waals surface area contributed by atoms with Crippen molar-refractivity contribution < 1.29 is 52.7 Å². The molecule has 1 unspecified atom stereocenters. The van der Waals surface area contributed by atoms with E-state index in [1.54, 1.807) is 28.1 Å². The average molecular weight is 738 g/mol. The van der Waals surface area contributed by atoms with E-state index in [0.29, 0.717) is 44.0 Å². The summed E-state index contributed by atoms with van der Waals surface area (Å²) in [5.41, 5.74) is 5.56. The Morgan fingerprint density at radius 1 is 0.981 bits per heavy atom. The van der Waals surface area contributed by atoms with Crippen LogP contribution in [0.2, 0.25) is 0 Å². The molecule has 5 atom stereocenters. The molecule has 1 saturated heterocycles. The van der Waals surface area contributed by atoms with Gasteiger partial charge < -0.3 is 44.6 Å². The van der Waals surface area contributed by atoms with E-state index in [1.807, 2.05) is 45.9 Å². The standard InChI is InChI=1S/C38H63N3O11/c1-23(2)20-50-37(46)51-21-33-41(36(44)45)29(31(52-33)19-28(25(5)6)34(42)40-22-38(7,8)35(39)43)18-27(24(3)4)16-26-12-13-30(48-10)32(17-26)49-15-11-14-47-9/h12-13,17,23-25,27-29,31,33H,11,14-16,18-22H2,1-10H3,(H2,39,43)(H,40,42)(H,44,45)/t27-,28+,29+,31+,33?/m1/s1. The van der Waals surface area contributed by atoms with Crippen LogP contribution in [0.5, 0.6) is 11.5 Å². The molecule has 2 rings (SSSR count). The molecule has 0 aromatic heterocycles. The number of ether oxygens (including phenoxy) is 6. The topological polar surface area (TPSA) is 185 Å². The maximum absolute atomic E-state index is 13.6. The predicted octanol–water partition coefficient (Wildman–Crippen LogP) is 5.49. The van der Waals surface area contributed by atoms with E-state index in [1.165, 1.54) is 4.90 Å². The lowest BCUT2D eigenvalue weighted by Crippen LogP contribution is -2.47. The third-order valence-corrected chi connectivity index (χ3v) is 9.49. The van der Waals surface area contributed by atoms with E-state index in [-0.39, 0.29) is 55.8 Å². The van der Waals surface area contributed by atoms with Gasteiger partial charge in [-0.3, -0.25) is 14.5 Å². The summed E-state index contributed by atoms with van der Waals surface area (Å²) in [7, 11) is 3.23. The third kappa shape index (κ3) is 13.6. The number of hydrogen-bond acceptors (Lipinski definition) is 10. The molecule has 1 aliphatic rings. The summed E-state index contributed by atoms with van der Waals surface area (Å²) < 4.78 is 33.6. The Hall–Kier alpha value is -3.78. The van der Waals surface area contributed by atoms with Crippen molar-refractivity contribution in [1.82, 2.24) is 10.2 Å². The molecule has 0 aliphatic carbocycles. The van der Waals surface area contributed by atoms with Crippen molar-refractivity contribution in [2.75, 3.05) is 47.2 Å². The van der Waals surface area contributed by atoms with E-state index in [4.69, 9.17) is 34.2 Å². The molecule has 296 valence electrons. The maximum atomic E-state index is 13.6. The molecule has 1 aliphatic heterocycles. The van der Waals surface area contributed by atoms with E-state index < -0.39 is 47.9 Å². The van der Waals surface area contributed by atoms with E-state index in [9.17, 15) is 24.3 Å². The number of nitrogens with one attached hydrogen (secondary N) is 1. The van der Waals surface area contributed by atoms with Crippen LogP contribution in [0.4, 0.5) is 9.59 Å². The highest BCUT2D eigenvalue weighted by Gasteiger charge is 2.48. The number of rotatable bonds is 22. The van der Waals surface area contributed by atoms with Gasteiger partial charge in [-0.05, 0) is 74.5 Å². The Morgan fingerprint density at radius 2 is 1.67 bits per heavy atom. The molecule has 14 heteroatoms. The number of hydrogen-bond donors (Lipinski definition) is 3. The van der Waals surface area contributed by atoms with Gasteiger partial charge in [0, 0.05) is 32.6 Å². The van der Waals surface area contributed by atoms with Crippen LogP contribution >= 0.6 is 0 Å². The fourth-order valence-corrected chi connectivity index (χ4v) is 6.04. The highest BCUT2D eigenvalue weighted by atomic mass is 16.7. The smallest absolute Gasteiger partial charge is 0.493 e. The highest BCUT2D eigenvalue weighted by Crippen LogP contribution is 2.37. The lowest BCUT2D eigenvalue weighted by atomic mass is 9.80. The summed E-state index contributed by atoms with van der Waals surface area (Å²) in [4.78, 5) is 52.0. The van der Waals surface area contributed by atoms with Gasteiger partial charge in [-0.2, -0.15) is 0 Å². The summed E-state index contributed by atoms with van der Waals surface area (Å²) in [6.07, 6.45) is -2.07. The quantitative estimate of drug-likeness (QED) is 0.101. The molecule has 0 saturated carbocycles. The summed E-state index contributed by atoms with van der Waals surface area (Å²) in [5, 5.41) is 13.4. The summed E-state index contributed by atoms with van der Waals surface area (Å²) in [6, 6.07) is 5.11. The minimum atomic E-state index is -1.23. The predicted molar refractivity (Wildman–Crippen MR) is 195 cm³/mol. The van der Waals surface area contributed by atoms with Crippen LogP contribution in [0.25, 0.3) is 0 Å². The molecule has 3 amide bonds. The van der Waals surface area contributed by atoms with Gasteiger partial charge in [-0.15, -0.1) is 0 Å². The Bertz CT molecular complexity index is 1300. The minimum absolute atomic E-state index is 0.0222. The van der Waals surface area contributed by atoms with Gasteiger partial charge in [0.25, 0.3) is 0 Å². The van der Waals surface area contributed by atoms with Crippen molar-refractivity contribution in [2.45, 2.75) is 99.4 Å². The number of primary amides is 1. The molecule has 52 heavy (non-hydrogen) atoms. The van der Waals surface area contributed by atoms with Gasteiger partial charge in [0.2, 0.25) is 11.8 Å². The molecule has 0 bridgehead atoms. The summed E-state index contributed by atoms with van der Waals surface area (Å²) in [6.45, 7) is 15.9. The normalized spacial score (nSPS) is 18.7. The van der Waals surface area contributed by atoms with Crippen LogP contribution in [0, 0.1) is 35.0 Å². The number of nitrogens with zero attached hydrogens (tertiary/aromatic N) is 1. The first-order valence-corrected chi connectivity index (χ1v) is 18.2. The SMILES string of the molecule is COCCCOc1cc(C[C@H](C[C@H]2[C@H](C[C@H](C(=O)NCC(C)(C)C(N)=O)C(C)C)OC(COC(=O)OCC(C)C)N2C(=O)O)C(C)C)ccc1OC. The van der Waals surface area contributed by atoms with Crippen LogP contribution in [0.3, 0.4) is 0 Å². The molecule has 1 fully saturated rings. The molecule has 1 aromatic rings. The fraction of sp³-hybridized carbons (Fsp3) is 0.737. The Kier molecular flexibility index (Phi) is 18.0. The highest BCUT2D eigenvalue weighted by molar-refractivity contribution is 5.83. The fourth-order valence-electron chi connectivity index (χ4n) is 6.04. The van der Waals surface area contributed by atoms with Crippen LogP contribution in [-0.2, 0) is 35.0 Å². The first-order valence-electron chi connectivity index (χ1n) is 18.2. The van der Waals surface area contributed by atoms with Crippen LogP contribution in [0.15, 0.2) is 18.2 Å². The Labute approximate surface area is 309 Å². The van der Waals surface area contributed by atoms with Crippen molar-refractivity contribution in [3.8, 4) is 11.5 Å². The number of benzene rings is 1. The number of nitrogens with two attached hydrogens (primary N) is 1. The second-order valence-electron chi connectivity index (χ2n) is 15.3. The van der Waals surface area contributed by atoms with Gasteiger partial charge in [0.1, 0.15) is 6.61 Å². The number of methoxy groups -OCH3 is 2. The van der Waals surface area contributed by atoms with Crippen molar-refractivity contribution >= 4 is 24.1 Å². The average Bonchev–Trinajstić information content (AvgIpc) is 3.42. The summed E-state index contributed by atoms with van der Waals surface area (Å²) >= 11 is 0. The largest absolute Gasteiger partial charge is 0.508 e. The van der Waals surface area contributed by atoms with Crippen molar-refractivity contribution in [1.29, 1.82) is 0 Å². The number of carbonyl (C=O) groups excluding carboxylic acids is 3. The van der Waals surface area contributed by atoms with Gasteiger partial charge in [0.15, 0.2) is 17.7 Å². The Morgan fingerprint density at radius 3 is 2.23 bits per heavy atom. The van der Waals surface area contributed by atoms with E-state index >= 15 is 0 Å². The van der Waals surface area contributed by atoms with Gasteiger partial charge in [-0.1, -0.05) is 47.6 Å². The lowest BCUT2D eigenvalue weighted by Gasteiger charge is -2.33. The van der Waals surface area contributed by atoms with Crippen LogP contribution < -0.4 is 20.5 Å². The first-order chi connectivity index (χ1) is 24.4. The van der Waals surface area contributed by atoms with Crippen molar-refractivity contribution in [3.63, 3.8) is 0 Å². The van der Waals surface area contributed by atoms with Crippen molar-refractivity contribution in [2.24, 2.45) is 40.7 Å². The Balaban J connectivity index is 2.43. The zero-order valence-corrected chi connectivity index (χ0v) is 32.8. The molecule has 1 heterocycles. The number of carboxylic acid groups (broad SMARTS) is 1. The van der Waals surface area contributed by atoms with E-state index in [2.05, 4.69) is 19.2 Å². The molecule has 1 aromatic carbocycles. The number of amides is 3. The lowest BCUT2D eigenvalue weighted by molar-refractivity contribution is -0.130. The van der Waals surface area contributed by atoms with Crippen molar-refractivity contribution in [3.05, 3.63) is 23.8 Å². The van der Waals surface area contributed by atoms with Gasteiger partial charge in [0.05, 0.1) is 37.9 Å². The first kappa shape index (κ1) is 44.4. The van der Waals surface area contributed by atoms with Crippen LogP contribution in [-0.4, -0.2) is 99.6 Å². The maximum Gasteiger partial charge on any atom is 0.508 e. The molecule has 14 nitrogen and oxygen atoms in total. The molecular formula is C38H63N3O11. The monoisotopic (exact) mass is 737 g/mol. The van der Waals surface area contributed by atoms with Gasteiger partial charge in [-0.25, -0.2) is 9.59 Å². The second kappa shape index (κ2) is 21.1. The summed E-state index contributed by atoms with van der Waals surface area (Å²) in [5.74, 6) is -0.151.